The Kier molecular flexibility index (Phi) is 11.6. The Morgan fingerprint density at radius 1 is 1.00 bits per heavy atom. The van der Waals surface area contributed by atoms with Crippen LogP contribution in [0.2, 0.25) is 0 Å². The number of hydrogen-bond donors (Lipinski definition) is 1. The van der Waals surface area contributed by atoms with Gasteiger partial charge < -0.3 is 28.8 Å². The van der Waals surface area contributed by atoms with Crippen molar-refractivity contribution in [2.24, 2.45) is 5.41 Å². The molecule has 0 aliphatic carbocycles. The zero-order valence-electron chi connectivity index (χ0n) is 25.3. The second-order valence-corrected chi connectivity index (χ2v) is 11.0. The van der Waals surface area contributed by atoms with Crippen LogP contribution in [0.15, 0.2) is 76.5 Å². The first kappa shape index (κ1) is 34.6. The normalized spacial score (nSPS) is 14.8. The number of benzene rings is 1. The molecule has 0 radical (unpaired) electrons. The summed E-state index contributed by atoms with van der Waals surface area (Å²) in [5, 5.41) is 4.18. The zero-order valence-corrected chi connectivity index (χ0v) is 27.0. The van der Waals surface area contributed by atoms with E-state index >= 15 is 0 Å². The van der Waals surface area contributed by atoms with Gasteiger partial charge >= 0.3 is 0 Å². The fourth-order valence-corrected chi connectivity index (χ4v) is 5.44. The number of nitrogens with zero attached hydrogens (tertiary/aromatic N) is 4. The van der Waals surface area contributed by atoms with Crippen LogP contribution < -0.4 is 25.4 Å². The molecule has 1 aliphatic rings. The SMILES string of the molecule is CCN1C(=O)C(C)(C)C(=O)N(C)c2cc(OCCCNC(CCn3ccc4occc4c3=O)c3ccncc3)ccc21.Cl.Cl. The van der Waals surface area contributed by atoms with Gasteiger partial charge in [0.05, 0.1) is 29.6 Å². The molecule has 1 unspecified atom stereocenters. The van der Waals surface area contributed by atoms with Crippen molar-refractivity contribution in [3.63, 3.8) is 0 Å². The molecule has 1 aliphatic heterocycles. The van der Waals surface area contributed by atoms with Gasteiger partial charge in [-0.15, -0.1) is 24.8 Å². The zero-order chi connectivity index (χ0) is 29.9. The van der Waals surface area contributed by atoms with Gasteiger partial charge in [-0.05, 0) is 82.1 Å². The van der Waals surface area contributed by atoms with E-state index in [9.17, 15) is 14.4 Å². The number of pyridine rings is 2. The average molecular weight is 645 g/mol. The quantitative estimate of drug-likeness (QED) is 0.173. The summed E-state index contributed by atoms with van der Waals surface area (Å²) in [5.41, 5.74) is 1.82. The summed E-state index contributed by atoms with van der Waals surface area (Å²) in [4.78, 5) is 46.4. The Bertz CT molecular complexity index is 1640. The lowest BCUT2D eigenvalue weighted by Crippen LogP contribution is -2.47. The van der Waals surface area contributed by atoms with Crippen molar-refractivity contribution < 1.29 is 18.7 Å². The molecule has 44 heavy (non-hydrogen) atoms. The summed E-state index contributed by atoms with van der Waals surface area (Å²) in [6.07, 6.45) is 8.29. The van der Waals surface area contributed by atoms with Gasteiger partial charge in [-0.1, -0.05) is 0 Å². The van der Waals surface area contributed by atoms with Crippen LogP contribution in [0.3, 0.4) is 0 Å². The van der Waals surface area contributed by atoms with Gasteiger partial charge in [0, 0.05) is 50.8 Å². The van der Waals surface area contributed by atoms with Crippen LogP contribution in [0.5, 0.6) is 5.75 Å². The molecular weight excluding hydrogens is 605 g/mol. The molecule has 12 heteroatoms. The van der Waals surface area contributed by atoms with Crippen LogP contribution in [0, 0.1) is 5.41 Å². The van der Waals surface area contributed by atoms with Gasteiger partial charge in [-0.3, -0.25) is 19.4 Å². The van der Waals surface area contributed by atoms with Crippen molar-refractivity contribution in [2.75, 3.05) is 36.5 Å². The Hall–Kier alpha value is -3.86. The number of aromatic nitrogens is 2. The van der Waals surface area contributed by atoms with Crippen molar-refractivity contribution in [1.82, 2.24) is 14.9 Å². The van der Waals surface area contributed by atoms with Gasteiger partial charge in [0.15, 0.2) is 0 Å². The Balaban J connectivity index is 0.00000264. The number of furan rings is 1. The van der Waals surface area contributed by atoms with Gasteiger partial charge in [0.2, 0.25) is 11.8 Å². The van der Waals surface area contributed by atoms with Crippen LogP contribution in [0.1, 0.15) is 45.2 Å². The predicted octanol–water partition coefficient (Wildman–Crippen LogP) is 5.38. The molecule has 1 atom stereocenters. The van der Waals surface area contributed by atoms with Gasteiger partial charge in [0.1, 0.15) is 16.7 Å². The second kappa shape index (κ2) is 14.7. The lowest BCUT2D eigenvalue weighted by molar-refractivity contribution is -0.137. The largest absolute Gasteiger partial charge is 0.493 e. The third-order valence-electron chi connectivity index (χ3n) is 7.87. The average Bonchev–Trinajstić information content (AvgIpc) is 3.48. The monoisotopic (exact) mass is 643 g/mol. The smallest absolute Gasteiger partial charge is 0.261 e. The summed E-state index contributed by atoms with van der Waals surface area (Å²) in [6.45, 7) is 7.41. The van der Waals surface area contributed by atoms with Crippen molar-refractivity contribution in [1.29, 1.82) is 0 Å². The second-order valence-electron chi connectivity index (χ2n) is 11.0. The Morgan fingerprint density at radius 2 is 1.75 bits per heavy atom. The van der Waals surface area contributed by atoms with E-state index < -0.39 is 5.41 Å². The number of halogens is 2. The summed E-state index contributed by atoms with van der Waals surface area (Å²) in [6, 6.07) is 13.0. The third kappa shape index (κ3) is 6.93. The highest BCUT2D eigenvalue weighted by atomic mass is 35.5. The number of ether oxygens (including phenoxy) is 1. The highest BCUT2D eigenvalue weighted by Crippen LogP contribution is 2.40. The summed E-state index contributed by atoms with van der Waals surface area (Å²) in [7, 11) is 1.70. The molecule has 4 aromatic rings. The van der Waals surface area contributed by atoms with E-state index in [0.717, 1.165) is 12.0 Å². The highest BCUT2D eigenvalue weighted by Gasteiger charge is 2.45. The number of nitrogens with one attached hydrogen (secondary N) is 1. The van der Waals surface area contributed by atoms with Gasteiger partial charge in [0.25, 0.3) is 5.56 Å². The molecule has 2 amide bonds. The number of carbonyl (C=O) groups is 2. The molecule has 4 heterocycles. The lowest BCUT2D eigenvalue weighted by atomic mass is 9.90. The van der Waals surface area contributed by atoms with E-state index in [1.54, 1.807) is 59.9 Å². The van der Waals surface area contributed by atoms with Gasteiger partial charge in [-0.25, -0.2) is 0 Å². The molecule has 1 N–H and O–H groups in total. The summed E-state index contributed by atoms with van der Waals surface area (Å²) < 4.78 is 13.1. The van der Waals surface area contributed by atoms with E-state index in [0.29, 0.717) is 60.8 Å². The van der Waals surface area contributed by atoms with Gasteiger partial charge in [-0.2, -0.15) is 0 Å². The van der Waals surface area contributed by atoms with Crippen molar-refractivity contribution in [3.8, 4) is 5.75 Å². The first-order valence-electron chi connectivity index (χ1n) is 14.3. The van der Waals surface area contributed by atoms with Crippen LogP contribution in [-0.4, -0.2) is 48.1 Å². The van der Waals surface area contributed by atoms with Crippen molar-refractivity contribution in [2.45, 2.75) is 46.2 Å². The number of carbonyl (C=O) groups excluding carboxylic acids is 2. The van der Waals surface area contributed by atoms with E-state index in [2.05, 4.69) is 10.3 Å². The van der Waals surface area contributed by atoms with E-state index in [1.165, 1.54) is 6.26 Å². The molecule has 0 saturated heterocycles. The minimum absolute atomic E-state index is 0. The standard InChI is InChI=1S/C32H37N5O5.2ClH/c1-5-37-26-8-7-23(21-27(26)35(4)30(39)32(2,3)31(37)40)41-19-6-14-34-25(22-9-15-33-16-10-22)11-17-36-18-12-28-24(29(36)38)13-20-42-28;;/h7-10,12-13,15-16,18,20-21,25,34H,5-6,11,14,17,19H2,1-4H3;2*1H. The fraction of sp³-hybridized carbons (Fsp3) is 0.375. The summed E-state index contributed by atoms with van der Waals surface area (Å²) >= 11 is 0. The van der Waals surface area contributed by atoms with E-state index in [-0.39, 0.29) is 48.2 Å². The van der Waals surface area contributed by atoms with Crippen LogP contribution in [0.25, 0.3) is 11.0 Å². The number of rotatable bonds is 11. The molecule has 10 nitrogen and oxygen atoms in total. The number of fused-ring (bicyclic) bond motifs is 2. The van der Waals surface area contributed by atoms with Crippen LogP contribution >= 0.6 is 24.8 Å². The maximum Gasteiger partial charge on any atom is 0.261 e. The molecule has 5 rings (SSSR count). The molecule has 1 aromatic carbocycles. The first-order valence-corrected chi connectivity index (χ1v) is 14.3. The maximum absolute atomic E-state index is 13.1. The Labute approximate surface area is 269 Å². The Morgan fingerprint density at radius 3 is 2.48 bits per heavy atom. The molecule has 3 aromatic heterocycles. The number of aryl methyl sites for hydroxylation is 1. The van der Waals surface area contributed by atoms with Crippen molar-refractivity contribution in [3.05, 3.63) is 83.2 Å². The maximum atomic E-state index is 13.1. The molecule has 0 spiro atoms. The number of anilines is 2. The summed E-state index contributed by atoms with van der Waals surface area (Å²) in [5.74, 6) is 0.174. The van der Waals surface area contributed by atoms with E-state index in [1.807, 2.05) is 43.3 Å². The first-order chi connectivity index (χ1) is 20.2. The number of hydrogen-bond acceptors (Lipinski definition) is 7. The lowest BCUT2D eigenvalue weighted by Gasteiger charge is -2.27. The minimum Gasteiger partial charge on any atom is -0.493 e. The van der Waals surface area contributed by atoms with E-state index in [4.69, 9.17) is 9.15 Å². The molecule has 0 saturated carbocycles. The van der Waals surface area contributed by atoms with Crippen LogP contribution in [-0.2, 0) is 16.1 Å². The molecule has 0 fully saturated rings. The topological polar surface area (TPSA) is 110 Å². The molecular formula is C32H39Cl2N5O5. The minimum atomic E-state index is -1.15. The fourth-order valence-electron chi connectivity index (χ4n) is 5.44. The number of amides is 2. The molecule has 236 valence electrons. The molecule has 0 bridgehead atoms. The predicted molar refractivity (Wildman–Crippen MR) is 176 cm³/mol. The van der Waals surface area contributed by atoms with Crippen LogP contribution in [0.4, 0.5) is 11.4 Å². The highest BCUT2D eigenvalue weighted by molar-refractivity contribution is 6.20. The van der Waals surface area contributed by atoms with Crippen molar-refractivity contribution >= 4 is 59.0 Å². The third-order valence-corrected chi connectivity index (χ3v) is 7.87.